The summed E-state index contributed by atoms with van der Waals surface area (Å²) in [7, 11) is 0. The molecule has 6 heteroatoms. The van der Waals surface area contributed by atoms with Gasteiger partial charge >= 0.3 is 0 Å². The molecule has 0 aliphatic heterocycles. The highest BCUT2D eigenvalue weighted by Crippen LogP contribution is 2.12. The predicted octanol–water partition coefficient (Wildman–Crippen LogP) is 1.51. The van der Waals surface area contributed by atoms with Gasteiger partial charge in [0.1, 0.15) is 11.5 Å². The number of nitrogens with zero attached hydrogens (tertiary/aromatic N) is 3. The fraction of sp³-hybridized carbons (Fsp3) is 0.714. The molecule has 1 aromatic rings. The Bertz CT molecular complexity index is 423. The first-order valence-corrected chi connectivity index (χ1v) is 7.35. The van der Waals surface area contributed by atoms with Crippen LogP contribution < -0.4 is 11.1 Å². The number of amides is 1. The summed E-state index contributed by atoms with van der Waals surface area (Å²) < 4.78 is 1.66. The van der Waals surface area contributed by atoms with E-state index in [-0.39, 0.29) is 11.9 Å². The van der Waals surface area contributed by atoms with Gasteiger partial charge < -0.3 is 16.0 Å². The van der Waals surface area contributed by atoms with Gasteiger partial charge in [0.25, 0.3) is 5.91 Å². The molecular weight excluding hydrogens is 254 g/mol. The lowest BCUT2D eigenvalue weighted by atomic mass is 10.3. The number of aromatic nitrogens is 2. The first kappa shape index (κ1) is 16.5. The quantitative estimate of drug-likeness (QED) is 0.708. The highest BCUT2D eigenvalue weighted by Gasteiger charge is 2.15. The number of hydrogen-bond acceptors (Lipinski definition) is 4. The van der Waals surface area contributed by atoms with Crippen LogP contribution in [-0.2, 0) is 0 Å². The molecule has 0 aromatic carbocycles. The fourth-order valence-electron chi connectivity index (χ4n) is 2.11. The molecule has 20 heavy (non-hydrogen) atoms. The standard InChI is InChI=1S/C14H27N5O/c1-5-18(6-2)9-7-8-16-14(20)12-10-13(15)17-19(12)11(3)4/h10-11H,5-9H2,1-4H3,(H2,15,17)(H,16,20). The molecule has 0 aliphatic rings. The highest BCUT2D eigenvalue weighted by molar-refractivity contribution is 5.93. The van der Waals surface area contributed by atoms with Crippen LogP contribution in [0.3, 0.4) is 0 Å². The maximum Gasteiger partial charge on any atom is 0.269 e. The Kier molecular flexibility index (Phi) is 6.51. The molecule has 114 valence electrons. The second kappa shape index (κ2) is 7.89. The molecule has 0 fully saturated rings. The van der Waals surface area contributed by atoms with Crippen LogP contribution in [0.5, 0.6) is 0 Å². The van der Waals surface area contributed by atoms with Crippen molar-refractivity contribution >= 4 is 11.7 Å². The van der Waals surface area contributed by atoms with Gasteiger partial charge in [-0.05, 0) is 39.9 Å². The maximum absolute atomic E-state index is 12.1. The molecule has 0 atom stereocenters. The van der Waals surface area contributed by atoms with Crippen LogP contribution in [0.15, 0.2) is 6.07 Å². The highest BCUT2D eigenvalue weighted by atomic mass is 16.2. The normalized spacial score (nSPS) is 11.3. The Balaban J connectivity index is 2.47. The van der Waals surface area contributed by atoms with E-state index in [4.69, 9.17) is 5.73 Å². The van der Waals surface area contributed by atoms with E-state index in [2.05, 4.69) is 29.2 Å². The summed E-state index contributed by atoms with van der Waals surface area (Å²) in [5.74, 6) is 0.273. The van der Waals surface area contributed by atoms with Crippen molar-refractivity contribution in [2.75, 3.05) is 31.9 Å². The number of rotatable bonds is 8. The zero-order chi connectivity index (χ0) is 15.1. The van der Waals surface area contributed by atoms with Gasteiger partial charge in [0.15, 0.2) is 0 Å². The van der Waals surface area contributed by atoms with Gasteiger partial charge in [0, 0.05) is 18.7 Å². The van der Waals surface area contributed by atoms with Crippen LogP contribution in [0.1, 0.15) is 50.6 Å². The van der Waals surface area contributed by atoms with E-state index in [1.807, 2.05) is 13.8 Å². The number of nitrogens with one attached hydrogen (secondary N) is 1. The Morgan fingerprint density at radius 3 is 2.65 bits per heavy atom. The van der Waals surface area contributed by atoms with Crippen molar-refractivity contribution in [2.24, 2.45) is 0 Å². The number of hydrogen-bond donors (Lipinski definition) is 2. The van der Waals surface area contributed by atoms with Gasteiger partial charge in [0.2, 0.25) is 0 Å². The number of anilines is 1. The van der Waals surface area contributed by atoms with Crippen molar-refractivity contribution < 1.29 is 4.79 Å². The van der Waals surface area contributed by atoms with Crippen LogP contribution >= 0.6 is 0 Å². The van der Waals surface area contributed by atoms with Crippen LogP contribution in [0.2, 0.25) is 0 Å². The van der Waals surface area contributed by atoms with E-state index in [1.54, 1.807) is 10.7 Å². The van der Waals surface area contributed by atoms with Gasteiger partial charge in [-0.2, -0.15) is 5.10 Å². The Hall–Kier alpha value is -1.56. The van der Waals surface area contributed by atoms with E-state index in [0.29, 0.717) is 18.1 Å². The predicted molar refractivity (Wildman–Crippen MR) is 81.8 cm³/mol. The largest absolute Gasteiger partial charge is 0.382 e. The maximum atomic E-state index is 12.1. The first-order chi connectivity index (χ1) is 9.49. The second-order valence-electron chi connectivity index (χ2n) is 5.13. The number of nitrogens with two attached hydrogens (primary N) is 1. The van der Waals surface area contributed by atoms with Crippen LogP contribution in [-0.4, -0.2) is 46.8 Å². The number of carbonyl (C=O) groups is 1. The molecular formula is C14H27N5O. The zero-order valence-corrected chi connectivity index (χ0v) is 13.0. The average molecular weight is 281 g/mol. The topological polar surface area (TPSA) is 76.2 Å². The van der Waals surface area contributed by atoms with Gasteiger partial charge in [0.05, 0.1) is 0 Å². The molecule has 0 spiro atoms. The van der Waals surface area contributed by atoms with Gasteiger partial charge in [-0.3, -0.25) is 9.48 Å². The van der Waals surface area contributed by atoms with Gasteiger partial charge in [-0.15, -0.1) is 0 Å². The number of nitrogen functional groups attached to an aromatic ring is 1. The molecule has 3 N–H and O–H groups in total. The SMILES string of the molecule is CCN(CC)CCCNC(=O)c1cc(N)nn1C(C)C. The van der Waals surface area contributed by atoms with Crippen molar-refractivity contribution in [3.63, 3.8) is 0 Å². The third-order valence-corrected chi connectivity index (χ3v) is 3.31. The Labute approximate surface area is 121 Å². The summed E-state index contributed by atoms with van der Waals surface area (Å²) in [5, 5.41) is 7.07. The monoisotopic (exact) mass is 281 g/mol. The molecule has 0 unspecified atom stereocenters. The van der Waals surface area contributed by atoms with E-state index in [9.17, 15) is 4.79 Å². The minimum Gasteiger partial charge on any atom is -0.382 e. The lowest BCUT2D eigenvalue weighted by Crippen LogP contribution is -2.31. The third-order valence-electron chi connectivity index (χ3n) is 3.31. The fourth-order valence-corrected chi connectivity index (χ4v) is 2.11. The molecule has 0 aliphatic carbocycles. The van der Waals surface area contributed by atoms with Crippen molar-refractivity contribution in [1.29, 1.82) is 0 Å². The molecule has 6 nitrogen and oxygen atoms in total. The second-order valence-corrected chi connectivity index (χ2v) is 5.13. The van der Waals surface area contributed by atoms with Crippen molar-refractivity contribution in [2.45, 2.75) is 40.2 Å². The molecule has 0 bridgehead atoms. The lowest BCUT2D eigenvalue weighted by Gasteiger charge is -2.17. The van der Waals surface area contributed by atoms with Crippen LogP contribution in [0.4, 0.5) is 5.82 Å². The third kappa shape index (κ3) is 4.52. The lowest BCUT2D eigenvalue weighted by molar-refractivity contribution is 0.0939. The average Bonchev–Trinajstić information content (AvgIpc) is 2.81. The Morgan fingerprint density at radius 1 is 1.45 bits per heavy atom. The summed E-state index contributed by atoms with van der Waals surface area (Å²) in [6.07, 6.45) is 0.943. The molecule has 0 saturated heterocycles. The zero-order valence-electron chi connectivity index (χ0n) is 13.0. The van der Waals surface area contributed by atoms with Crippen LogP contribution in [0, 0.1) is 0 Å². The molecule has 1 heterocycles. The molecule has 0 saturated carbocycles. The van der Waals surface area contributed by atoms with Crippen molar-refractivity contribution in [1.82, 2.24) is 20.0 Å². The minimum atomic E-state index is -0.109. The van der Waals surface area contributed by atoms with E-state index in [1.165, 1.54) is 0 Å². The first-order valence-electron chi connectivity index (χ1n) is 7.35. The molecule has 1 amide bonds. The van der Waals surface area contributed by atoms with E-state index < -0.39 is 0 Å². The van der Waals surface area contributed by atoms with E-state index >= 15 is 0 Å². The minimum absolute atomic E-state index is 0.109. The molecule has 1 rings (SSSR count). The van der Waals surface area contributed by atoms with Crippen molar-refractivity contribution in [3.8, 4) is 0 Å². The summed E-state index contributed by atoms with van der Waals surface area (Å²) in [6, 6.07) is 1.74. The molecule has 1 aromatic heterocycles. The number of carbonyl (C=O) groups excluding carboxylic acids is 1. The summed E-state index contributed by atoms with van der Waals surface area (Å²) in [5.41, 5.74) is 6.20. The van der Waals surface area contributed by atoms with Crippen molar-refractivity contribution in [3.05, 3.63) is 11.8 Å². The summed E-state index contributed by atoms with van der Waals surface area (Å²) >= 11 is 0. The van der Waals surface area contributed by atoms with E-state index in [0.717, 1.165) is 26.1 Å². The summed E-state index contributed by atoms with van der Waals surface area (Å²) in [4.78, 5) is 14.5. The summed E-state index contributed by atoms with van der Waals surface area (Å²) in [6.45, 7) is 12.0. The van der Waals surface area contributed by atoms with Gasteiger partial charge in [-0.25, -0.2) is 0 Å². The van der Waals surface area contributed by atoms with Crippen LogP contribution in [0.25, 0.3) is 0 Å². The molecule has 0 radical (unpaired) electrons. The Morgan fingerprint density at radius 2 is 2.10 bits per heavy atom. The smallest absolute Gasteiger partial charge is 0.269 e. The van der Waals surface area contributed by atoms with Gasteiger partial charge in [-0.1, -0.05) is 13.8 Å².